The molecule has 10 heavy (non-hydrogen) atoms. The predicted octanol–water partition coefficient (Wildman–Crippen LogP) is 2.18. The number of hydrogen-bond donors (Lipinski definition) is 1. The first kappa shape index (κ1) is 9.28. The Morgan fingerprint density at radius 2 is 1.70 bits per heavy atom. The van der Waals surface area contributed by atoms with Crippen molar-refractivity contribution in [3.63, 3.8) is 0 Å². The zero-order valence-electron chi connectivity index (χ0n) is 5.69. The quantitative estimate of drug-likeness (QED) is 0.584. The fourth-order valence-corrected chi connectivity index (χ4v) is 0.534. The van der Waals surface area contributed by atoms with Gasteiger partial charge in [0.2, 0.25) is 0 Å². The van der Waals surface area contributed by atoms with Crippen LogP contribution in [0, 0.1) is 6.92 Å². The zero-order valence-corrected chi connectivity index (χ0v) is 6.58. The Hall–Kier alpha value is -0.720. The maximum Gasteiger partial charge on any atom is 0.324 e. The largest absolute Gasteiger partial charge is 0.324 e. The number of hydrogen-bond acceptors (Lipinski definition) is 1. The van der Waals surface area contributed by atoms with Crippen molar-refractivity contribution < 1.29 is 9.46 Å². The van der Waals surface area contributed by atoms with E-state index in [2.05, 4.69) is 19.1 Å². The molecule has 54 valence electrons. The van der Waals surface area contributed by atoms with Crippen LogP contribution in [0.2, 0.25) is 0 Å². The van der Waals surface area contributed by atoms with E-state index in [1.165, 1.54) is 5.56 Å². The van der Waals surface area contributed by atoms with Crippen molar-refractivity contribution in [2.24, 2.45) is 0 Å². The summed E-state index contributed by atoms with van der Waals surface area (Å²) in [5, 5.41) is 0. The van der Waals surface area contributed by atoms with E-state index >= 15 is 0 Å². The monoisotopic (exact) mass is 156 g/mol. The Labute approximate surface area is 61.8 Å². The van der Waals surface area contributed by atoms with Crippen LogP contribution in [0.1, 0.15) is 5.56 Å². The van der Waals surface area contributed by atoms with E-state index in [0.717, 1.165) is 0 Å². The third-order valence-corrected chi connectivity index (χ3v) is 0.940. The zero-order chi connectivity index (χ0) is 7.82. The van der Waals surface area contributed by atoms with Crippen molar-refractivity contribution in [2.45, 2.75) is 6.92 Å². The number of aryl methyl sites for hydroxylation is 1. The second-order valence-electron chi connectivity index (χ2n) is 1.74. The summed E-state index contributed by atoms with van der Waals surface area (Å²) in [7, 11) is -0.833. The van der Waals surface area contributed by atoms with Crippen molar-refractivity contribution in [1.82, 2.24) is 0 Å². The van der Waals surface area contributed by atoms with E-state index in [4.69, 9.17) is 9.46 Å². The lowest BCUT2D eigenvalue weighted by Crippen LogP contribution is -1.62. The fourth-order valence-electron chi connectivity index (χ4n) is 0.534. The summed E-state index contributed by atoms with van der Waals surface area (Å²) in [6.45, 7) is 2.08. The van der Waals surface area contributed by atoms with Crippen molar-refractivity contribution in [1.29, 1.82) is 0 Å². The molecule has 0 atom stereocenters. The highest BCUT2D eigenvalue weighted by Crippen LogP contribution is 1.92. The van der Waals surface area contributed by atoms with Gasteiger partial charge in [0.05, 0.1) is 0 Å². The predicted molar refractivity (Wildman–Crippen MR) is 41.0 cm³/mol. The molecule has 0 saturated heterocycles. The normalized spacial score (nSPS) is 8.20. The number of rotatable bonds is 0. The van der Waals surface area contributed by atoms with Crippen LogP contribution in [0.15, 0.2) is 30.3 Å². The highest BCUT2D eigenvalue weighted by Gasteiger charge is 1.72. The van der Waals surface area contributed by atoms with Crippen LogP contribution in [-0.4, -0.2) is 4.89 Å². The van der Waals surface area contributed by atoms with E-state index in [9.17, 15) is 0 Å². The molecule has 0 aliphatic carbocycles. The SMILES string of the molecule is Cc1ccccc1.O=PO. The molecule has 1 aromatic rings. The van der Waals surface area contributed by atoms with Gasteiger partial charge >= 0.3 is 8.69 Å². The number of benzene rings is 1. The van der Waals surface area contributed by atoms with Gasteiger partial charge < -0.3 is 4.89 Å². The molecule has 3 heteroatoms. The van der Waals surface area contributed by atoms with Crippen LogP contribution in [0.5, 0.6) is 0 Å². The second kappa shape index (κ2) is 6.40. The lowest BCUT2D eigenvalue weighted by molar-refractivity contribution is 0.524. The van der Waals surface area contributed by atoms with E-state index in [-0.39, 0.29) is 0 Å². The molecular formula is C7H9O2P. The van der Waals surface area contributed by atoms with Crippen LogP contribution >= 0.6 is 8.69 Å². The molecule has 2 nitrogen and oxygen atoms in total. The summed E-state index contributed by atoms with van der Waals surface area (Å²) in [4.78, 5) is 6.99. The maximum atomic E-state index is 8.46. The Bertz CT molecular complexity index is 174. The molecule has 0 aliphatic rings. The summed E-state index contributed by atoms with van der Waals surface area (Å²) in [5.74, 6) is 0. The van der Waals surface area contributed by atoms with E-state index in [1.54, 1.807) is 0 Å². The first-order valence-corrected chi connectivity index (χ1v) is 3.56. The van der Waals surface area contributed by atoms with E-state index in [1.807, 2.05) is 18.2 Å². The van der Waals surface area contributed by atoms with Gasteiger partial charge in [-0.25, -0.2) is 4.57 Å². The first-order valence-electron chi connectivity index (χ1n) is 2.79. The van der Waals surface area contributed by atoms with Crippen LogP contribution in [0.3, 0.4) is 0 Å². The molecule has 1 N–H and O–H groups in total. The third-order valence-electron chi connectivity index (χ3n) is 0.940. The van der Waals surface area contributed by atoms with Crippen LogP contribution < -0.4 is 0 Å². The summed E-state index contributed by atoms with van der Waals surface area (Å²) >= 11 is 0. The Balaban J connectivity index is 0.000000236. The van der Waals surface area contributed by atoms with Gasteiger partial charge in [0.25, 0.3) is 0 Å². The topological polar surface area (TPSA) is 37.3 Å². The second-order valence-corrected chi connectivity index (χ2v) is 1.90. The minimum Gasteiger partial charge on any atom is -0.310 e. The highest BCUT2D eigenvalue weighted by molar-refractivity contribution is 7.16. The molecule has 0 aliphatic heterocycles. The van der Waals surface area contributed by atoms with Gasteiger partial charge in [0.1, 0.15) is 0 Å². The van der Waals surface area contributed by atoms with Gasteiger partial charge in [0.15, 0.2) is 0 Å². The van der Waals surface area contributed by atoms with Gasteiger partial charge in [-0.1, -0.05) is 35.9 Å². The molecule has 0 saturated carbocycles. The van der Waals surface area contributed by atoms with Crippen LogP contribution in [-0.2, 0) is 4.57 Å². The summed E-state index contributed by atoms with van der Waals surface area (Å²) in [6, 6.07) is 10.3. The van der Waals surface area contributed by atoms with Gasteiger partial charge in [-0.15, -0.1) is 0 Å². The van der Waals surface area contributed by atoms with Crippen molar-refractivity contribution in [3.8, 4) is 0 Å². The van der Waals surface area contributed by atoms with Crippen LogP contribution in [0.4, 0.5) is 0 Å². The smallest absolute Gasteiger partial charge is 0.310 e. The molecule has 0 radical (unpaired) electrons. The lowest BCUT2D eigenvalue weighted by atomic mass is 10.2. The summed E-state index contributed by atoms with van der Waals surface area (Å²) in [6.07, 6.45) is 0. The molecule has 0 amide bonds. The standard InChI is InChI=1S/C7H8.HO2P/c1-7-5-3-2-4-6-7;1-3-2/h2-6H,1H3;(H,1,2). The van der Waals surface area contributed by atoms with Crippen molar-refractivity contribution in [3.05, 3.63) is 35.9 Å². The molecule has 0 fully saturated rings. The van der Waals surface area contributed by atoms with E-state index in [0.29, 0.717) is 0 Å². The molecule has 1 rings (SSSR count). The summed E-state index contributed by atoms with van der Waals surface area (Å²) < 4.78 is 8.46. The van der Waals surface area contributed by atoms with Crippen molar-refractivity contribution >= 4 is 8.69 Å². The van der Waals surface area contributed by atoms with Gasteiger partial charge in [-0.05, 0) is 6.92 Å². The third kappa shape index (κ3) is 5.42. The average molecular weight is 156 g/mol. The minimum absolute atomic E-state index is 0.833. The Morgan fingerprint density at radius 3 is 1.90 bits per heavy atom. The first-order chi connectivity index (χ1) is 4.81. The molecule has 0 aromatic heterocycles. The molecule has 0 spiro atoms. The van der Waals surface area contributed by atoms with Gasteiger partial charge in [-0.2, -0.15) is 0 Å². The Morgan fingerprint density at radius 1 is 1.30 bits per heavy atom. The maximum absolute atomic E-state index is 8.46. The van der Waals surface area contributed by atoms with Gasteiger partial charge in [0, 0.05) is 0 Å². The molecule has 0 unspecified atom stereocenters. The molecule has 0 bridgehead atoms. The molecular weight excluding hydrogens is 147 g/mol. The Kier molecular flexibility index (Phi) is 5.94. The van der Waals surface area contributed by atoms with E-state index < -0.39 is 8.69 Å². The van der Waals surface area contributed by atoms with Crippen molar-refractivity contribution in [2.75, 3.05) is 0 Å². The van der Waals surface area contributed by atoms with Crippen LogP contribution in [0.25, 0.3) is 0 Å². The highest BCUT2D eigenvalue weighted by atomic mass is 31.1. The average Bonchev–Trinajstić information content (AvgIpc) is 1.91. The summed E-state index contributed by atoms with van der Waals surface area (Å²) in [5.41, 5.74) is 1.32. The lowest BCUT2D eigenvalue weighted by Gasteiger charge is -1.82. The molecule has 0 heterocycles. The minimum atomic E-state index is -0.833. The molecule has 1 aromatic carbocycles. The van der Waals surface area contributed by atoms with Gasteiger partial charge in [-0.3, -0.25) is 0 Å². The fraction of sp³-hybridized carbons (Fsp3) is 0.143.